The molecule has 0 heterocycles. The Morgan fingerprint density at radius 2 is 2.05 bits per heavy atom. The van der Waals surface area contributed by atoms with E-state index in [0.717, 1.165) is 18.6 Å². The third-order valence-electron chi connectivity index (χ3n) is 3.87. The Morgan fingerprint density at radius 3 is 2.50 bits per heavy atom. The van der Waals surface area contributed by atoms with Gasteiger partial charge in [0.25, 0.3) is 0 Å². The number of thiocarbonyl (C=S) groups is 1. The molecule has 0 bridgehead atoms. The molecule has 2 nitrogen and oxygen atoms in total. The largest absolute Gasteiger partial charge is 0.416 e. The monoisotopic (exact) mass is 302 g/mol. The summed E-state index contributed by atoms with van der Waals surface area (Å²) in [6, 6.07) is 3.44. The van der Waals surface area contributed by atoms with Crippen LogP contribution in [-0.2, 0) is 6.18 Å². The molecule has 0 radical (unpaired) electrons. The fraction of sp³-hybridized carbons (Fsp3) is 0.500. The maximum Gasteiger partial charge on any atom is 0.416 e. The number of alkyl halides is 3. The second-order valence-electron chi connectivity index (χ2n) is 5.89. The Balaban J connectivity index is 2.18. The van der Waals surface area contributed by atoms with Crippen molar-refractivity contribution in [2.24, 2.45) is 17.1 Å². The van der Waals surface area contributed by atoms with Gasteiger partial charge in [0.15, 0.2) is 0 Å². The predicted octanol–water partition coefficient (Wildman–Crippen LogP) is 3.80. The zero-order valence-corrected chi connectivity index (χ0v) is 12.2. The highest BCUT2D eigenvalue weighted by Crippen LogP contribution is 2.51. The first-order valence-electron chi connectivity index (χ1n) is 6.36. The predicted molar refractivity (Wildman–Crippen MR) is 77.7 cm³/mol. The van der Waals surface area contributed by atoms with Crippen LogP contribution < -0.4 is 11.1 Å². The van der Waals surface area contributed by atoms with Crippen molar-refractivity contribution in [1.29, 1.82) is 0 Å². The summed E-state index contributed by atoms with van der Waals surface area (Å²) in [4.78, 5) is -0.0337. The van der Waals surface area contributed by atoms with E-state index in [1.165, 1.54) is 6.07 Å². The van der Waals surface area contributed by atoms with Gasteiger partial charge in [-0.3, -0.25) is 0 Å². The third kappa shape index (κ3) is 3.23. The van der Waals surface area contributed by atoms with Crippen molar-refractivity contribution in [3.8, 4) is 0 Å². The molecular weight excluding hydrogens is 285 g/mol. The molecule has 0 amide bonds. The minimum absolute atomic E-state index is 0.0337. The van der Waals surface area contributed by atoms with Crippen LogP contribution in [0.5, 0.6) is 0 Å². The van der Waals surface area contributed by atoms with Gasteiger partial charge in [-0.1, -0.05) is 26.1 Å². The van der Waals surface area contributed by atoms with Crippen LogP contribution in [0.2, 0.25) is 0 Å². The van der Waals surface area contributed by atoms with Crippen LogP contribution in [0.15, 0.2) is 18.2 Å². The van der Waals surface area contributed by atoms with Crippen LogP contribution in [0.3, 0.4) is 0 Å². The van der Waals surface area contributed by atoms with Crippen molar-refractivity contribution in [2.75, 3.05) is 11.9 Å². The molecule has 110 valence electrons. The summed E-state index contributed by atoms with van der Waals surface area (Å²) in [6.45, 7) is 5.05. The minimum Gasteiger partial charge on any atom is -0.389 e. The van der Waals surface area contributed by atoms with E-state index >= 15 is 0 Å². The molecule has 1 fully saturated rings. The molecule has 1 aliphatic carbocycles. The first kappa shape index (κ1) is 15.1. The van der Waals surface area contributed by atoms with E-state index < -0.39 is 11.7 Å². The second-order valence-corrected chi connectivity index (χ2v) is 6.33. The lowest BCUT2D eigenvalue weighted by Crippen LogP contribution is -2.17. The minimum atomic E-state index is -4.39. The SMILES string of the molecule is CC1(C)CC1CNc1ccc(C(F)(F)F)cc1C(N)=S. The molecule has 1 aromatic rings. The number of benzene rings is 1. The molecule has 1 unspecified atom stereocenters. The summed E-state index contributed by atoms with van der Waals surface area (Å²) < 4.78 is 38.1. The number of halogens is 3. The van der Waals surface area contributed by atoms with E-state index in [1.807, 2.05) is 0 Å². The number of hydrogen-bond acceptors (Lipinski definition) is 2. The number of nitrogens with two attached hydrogens (primary N) is 1. The van der Waals surface area contributed by atoms with Crippen molar-refractivity contribution in [3.05, 3.63) is 29.3 Å². The van der Waals surface area contributed by atoms with Crippen LogP contribution in [0.4, 0.5) is 18.9 Å². The highest BCUT2D eigenvalue weighted by atomic mass is 32.1. The van der Waals surface area contributed by atoms with Gasteiger partial charge in [0, 0.05) is 17.8 Å². The topological polar surface area (TPSA) is 38.0 Å². The lowest BCUT2D eigenvalue weighted by atomic mass is 10.1. The number of anilines is 1. The maximum absolute atomic E-state index is 12.7. The maximum atomic E-state index is 12.7. The molecule has 1 atom stereocenters. The summed E-state index contributed by atoms with van der Waals surface area (Å²) in [7, 11) is 0. The Labute approximate surface area is 121 Å². The van der Waals surface area contributed by atoms with E-state index in [2.05, 4.69) is 19.2 Å². The van der Waals surface area contributed by atoms with Gasteiger partial charge in [0.05, 0.1) is 5.56 Å². The number of hydrogen-bond donors (Lipinski definition) is 2. The fourth-order valence-electron chi connectivity index (χ4n) is 2.24. The second kappa shape index (κ2) is 4.91. The molecule has 1 aliphatic rings. The highest BCUT2D eigenvalue weighted by molar-refractivity contribution is 7.80. The summed E-state index contributed by atoms with van der Waals surface area (Å²) >= 11 is 4.84. The normalized spacial score (nSPS) is 20.6. The molecule has 0 spiro atoms. The molecule has 3 N–H and O–H groups in total. The lowest BCUT2D eigenvalue weighted by molar-refractivity contribution is -0.137. The van der Waals surface area contributed by atoms with Crippen molar-refractivity contribution in [1.82, 2.24) is 0 Å². The Hall–Kier alpha value is -1.30. The molecular formula is C14H17F3N2S. The van der Waals surface area contributed by atoms with Crippen LogP contribution in [0.25, 0.3) is 0 Å². The average molecular weight is 302 g/mol. The van der Waals surface area contributed by atoms with Crippen LogP contribution in [0.1, 0.15) is 31.4 Å². The Morgan fingerprint density at radius 1 is 1.45 bits per heavy atom. The quantitative estimate of drug-likeness (QED) is 0.831. The van der Waals surface area contributed by atoms with E-state index in [9.17, 15) is 13.2 Å². The van der Waals surface area contributed by atoms with Gasteiger partial charge in [0.2, 0.25) is 0 Å². The summed E-state index contributed by atoms with van der Waals surface area (Å²) in [5, 5.41) is 3.16. The van der Waals surface area contributed by atoms with Crippen molar-refractivity contribution >= 4 is 22.9 Å². The molecule has 2 rings (SSSR count). The Kier molecular flexibility index (Phi) is 3.71. The van der Waals surface area contributed by atoms with Gasteiger partial charge in [-0.2, -0.15) is 13.2 Å². The highest BCUT2D eigenvalue weighted by Gasteiger charge is 2.45. The van der Waals surface area contributed by atoms with Gasteiger partial charge in [-0.15, -0.1) is 0 Å². The van der Waals surface area contributed by atoms with E-state index in [0.29, 0.717) is 23.6 Å². The van der Waals surface area contributed by atoms with Gasteiger partial charge in [-0.05, 0) is 36.0 Å². The van der Waals surface area contributed by atoms with Crippen LogP contribution in [0, 0.1) is 11.3 Å². The van der Waals surface area contributed by atoms with Crippen molar-refractivity contribution in [3.63, 3.8) is 0 Å². The number of nitrogens with one attached hydrogen (secondary N) is 1. The molecule has 0 saturated heterocycles. The van der Waals surface area contributed by atoms with Gasteiger partial charge in [0.1, 0.15) is 4.99 Å². The molecule has 1 aromatic carbocycles. The van der Waals surface area contributed by atoms with Crippen molar-refractivity contribution in [2.45, 2.75) is 26.4 Å². The lowest BCUT2D eigenvalue weighted by Gasteiger charge is -2.15. The summed E-state index contributed by atoms with van der Waals surface area (Å²) in [5.41, 5.74) is 5.90. The molecule has 6 heteroatoms. The standard InChI is InChI=1S/C14H17F3N2S/c1-13(2)6-9(13)7-19-11-4-3-8(14(15,16)17)5-10(11)12(18)20/h3-5,9,19H,6-7H2,1-2H3,(H2,18,20). The molecule has 20 heavy (non-hydrogen) atoms. The number of rotatable bonds is 4. The first-order valence-corrected chi connectivity index (χ1v) is 6.77. The fourth-order valence-corrected chi connectivity index (χ4v) is 2.41. The van der Waals surface area contributed by atoms with Crippen LogP contribution in [-0.4, -0.2) is 11.5 Å². The van der Waals surface area contributed by atoms with E-state index in [1.54, 1.807) is 0 Å². The molecule has 0 aliphatic heterocycles. The molecule has 1 saturated carbocycles. The van der Waals surface area contributed by atoms with E-state index in [-0.39, 0.29) is 10.6 Å². The van der Waals surface area contributed by atoms with Crippen molar-refractivity contribution < 1.29 is 13.2 Å². The van der Waals surface area contributed by atoms with Gasteiger partial charge >= 0.3 is 6.18 Å². The summed E-state index contributed by atoms with van der Waals surface area (Å²) in [5.74, 6) is 0.531. The zero-order chi connectivity index (χ0) is 15.1. The Bertz CT molecular complexity index is 538. The average Bonchev–Trinajstić information content (AvgIpc) is 2.93. The van der Waals surface area contributed by atoms with Gasteiger partial charge in [-0.25, -0.2) is 0 Å². The van der Waals surface area contributed by atoms with Gasteiger partial charge < -0.3 is 11.1 Å². The smallest absolute Gasteiger partial charge is 0.389 e. The molecule has 0 aromatic heterocycles. The van der Waals surface area contributed by atoms with Crippen LogP contribution >= 0.6 is 12.2 Å². The van der Waals surface area contributed by atoms with E-state index in [4.69, 9.17) is 18.0 Å². The zero-order valence-electron chi connectivity index (χ0n) is 11.3. The first-order chi connectivity index (χ1) is 9.11. The third-order valence-corrected chi connectivity index (χ3v) is 4.09. The summed E-state index contributed by atoms with van der Waals surface area (Å²) in [6.07, 6.45) is -3.28.